The van der Waals surface area contributed by atoms with Gasteiger partial charge in [0.25, 0.3) is 5.91 Å². The topological polar surface area (TPSA) is 51.5 Å². The van der Waals surface area contributed by atoms with E-state index < -0.39 is 17.6 Å². The monoisotopic (exact) mass is 403 g/mol. The van der Waals surface area contributed by atoms with Crippen molar-refractivity contribution < 1.29 is 27.1 Å². The fourth-order valence-corrected chi connectivity index (χ4v) is 2.70. The summed E-state index contributed by atoms with van der Waals surface area (Å²) in [4.78, 5) is 12.3. The average Bonchev–Trinajstić information content (AvgIpc) is 3.15. The molecule has 152 valence electrons. The molecule has 4 nitrogen and oxygen atoms in total. The van der Waals surface area contributed by atoms with Crippen LogP contribution in [-0.2, 0) is 12.8 Å². The van der Waals surface area contributed by atoms with Crippen molar-refractivity contribution in [2.45, 2.75) is 32.5 Å². The zero-order valence-electron chi connectivity index (χ0n) is 15.9. The van der Waals surface area contributed by atoms with Crippen LogP contribution >= 0.6 is 0 Å². The standard InChI is InChI=1S/C22H20F3NO3/c1-14(2)15-7-9-16(10-8-15)28-13-17-11-12-20(29-17)21(27)26-19-6-4-3-5-18(19)22(23,24)25/h3-12,14H,13H2,1-2H3,(H,26,27). The highest BCUT2D eigenvalue weighted by Crippen LogP contribution is 2.34. The first kappa shape index (κ1) is 20.5. The molecule has 0 bridgehead atoms. The number of amides is 1. The van der Waals surface area contributed by atoms with Gasteiger partial charge in [0.2, 0.25) is 0 Å². The molecule has 1 N–H and O–H groups in total. The molecule has 1 aromatic heterocycles. The fourth-order valence-electron chi connectivity index (χ4n) is 2.70. The normalized spacial score (nSPS) is 11.5. The Hall–Kier alpha value is -3.22. The third kappa shape index (κ3) is 5.19. The summed E-state index contributed by atoms with van der Waals surface area (Å²) in [5.74, 6) is 0.575. The second-order valence-corrected chi connectivity index (χ2v) is 6.78. The molecule has 0 spiro atoms. The first-order chi connectivity index (χ1) is 13.7. The van der Waals surface area contributed by atoms with E-state index in [1.807, 2.05) is 24.3 Å². The van der Waals surface area contributed by atoms with E-state index in [4.69, 9.17) is 9.15 Å². The summed E-state index contributed by atoms with van der Waals surface area (Å²) in [6.45, 7) is 4.28. The summed E-state index contributed by atoms with van der Waals surface area (Å²) in [5, 5.41) is 2.24. The molecule has 29 heavy (non-hydrogen) atoms. The van der Waals surface area contributed by atoms with Gasteiger partial charge in [0.1, 0.15) is 18.1 Å². The minimum absolute atomic E-state index is 0.0907. The van der Waals surface area contributed by atoms with Gasteiger partial charge in [0.05, 0.1) is 11.3 Å². The lowest BCUT2D eigenvalue weighted by atomic mass is 10.0. The number of halogens is 3. The number of rotatable bonds is 6. The first-order valence-corrected chi connectivity index (χ1v) is 9.03. The van der Waals surface area contributed by atoms with Gasteiger partial charge < -0.3 is 14.5 Å². The maximum Gasteiger partial charge on any atom is 0.418 e. The number of carbonyl (C=O) groups excluding carboxylic acids is 1. The van der Waals surface area contributed by atoms with Crippen LogP contribution in [0.2, 0.25) is 0 Å². The SMILES string of the molecule is CC(C)c1ccc(OCc2ccc(C(=O)Nc3ccccc3C(F)(F)F)o2)cc1. The van der Waals surface area contributed by atoms with Crippen LogP contribution in [0.1, 0.15) is 47.2 Å². The molecule has 0 saturated heterocycles. The summed E-state index contributed by atoms with van der Waals surface area (Å²) in [7, 11) is 0. The molecule has 0 radical (unpaired) electrons. The van der Waals surface area contributed by atoms with Gasteiger partial charge in [-0.25, -0.2) is 0 Å². The molecule has 0 saturated carbocycles. The van der Waals surface area contributed by atoms with Crippen LogP contribution in [0, 0.1) is 0 Å². The lowest BCUT2D eigenvalue weighted by Gasteiger charge is -2.12. The van der Waals surface area contributed by atoms with Crippen molar-refractivity contribution in [1.82, 2.24) is 0 Å². The van der Waals surface area contributed by atoms with Crippen molar-refractivity contribution in [3.63, 3.8) is 0 Å². The molecule has 0 aliphatic carbocycles. The molecule has 3 rings (SSSR count). The Morgan fingerprint density at radius 1 is 1.03 bits per heavy atom. The molecule has 2 aromatic carbocycles. The van der Waals surface area contributed by atoms with Crippen LogP contribution in [-0.4, -0.2) is 5.91 Å². The van der Waals surface area contributed by atoms with Crippen molar-refractivity contribution in [3.8, 4) is 5.75 Å². The van der Waals surface area contributed by atoms with Crippen molar-refractivity contribution in [2.24, 2.45) is 0 Å². The van der Waals surface area contributed by atoms with E-state index >= 15 is 0 Å². The Morgan fingerprint density at radius 2 is 1.72 bits per heavy atom. The smallest absolute Gasteiger partial charge is 0.418 e. The van der Waals surface area contributed by atoms with Crippen molar-refractivity contribution in [2.75, 3.05) is 5.32 Å². The maximum absolute atomic E-state index is 13.0. The highest BCUT2D eigenvalue weighted by Gasteiger charge is 2.33. The van der Waals surface area contributed by atoms with Gasteiger partial charge in [-0.2, -0.15) is 13.2 Å². The minimum atomic E-state index is -4.57. The van der Waals surface area contributed by atoms with Crippen LogP contribution < -0.4 is 10.1 Å². The number of hydrogen-bond donors (Lipinski definition) is 1. The van der Waals surface area contributed by atoms with Crippen molar-refractivity contribution >= 4 is 11.6 Å². The lowest BCUT2D eigenvalue weighted by molar-refractivity contribution is -0.136. The zero-order chi connectivity index (χ0) is 21.0. The number of benzene rings is 2. The van der Waals surface area contributed by atoms with Crippen LogP contribution in [0.4, 0.5) is 18.9 Å². The van der Waals surface area contributed by atoms with E-state index in [-0.39, 0.29) is 18.1 Å². The molecule has 1 amide bonds. The third-order valence-electron chi connectivity index (χ3n) is 4.29. The van der Waals surface area contributed by atoms with Gasteiger partial charge in [-0.3, -0.25) is 4.79 Å². The minimum Gasteiger partial charge on any atom is -0.486 e. The Labute approximate surface area is 166 Å². The van der Waals surface area contributed by atoms with Crippen LogP contribution in [0.3, 0.4) is 0 Å². The molecule has 1 heterocycles. The summed E-state index contributed by atoms with van der Waals surface area (Å²) in [6, 6.07) is 15.3. The molecule has 0 unspecified atom stereocenters. The zero-order valence-corrected chi connectivity index (χ0v) is 15.9. The van der Waals surface area contributed by atoms with Gasteiger partial charge in [-0.1, -0.05) is 38.1 Å². The summed E-state index contributed by atoms with van der Waals surface area (Å²) in [6.07, 6.45) is -4.57. The third-order valence-corrected chi connectivity index (χ3v) is 4.29. The van der Waals surface area contributed by atoms with E-state index in [0.29, 0.717) is 17.4 Å². The van der Waals surface area contributed by atoms with Crippen LogP contribution in [0.5, 0.6) is 5.75 Å². The maximum atomic E-state index is 13.0. The predicted octanol–water partition coefficient (Wildman–Crippen LogP) is 6.25. The number of alkyl halides is 3. The van der Waals surface area contributed by atoms with E-state index in [9.17, 15) is 18.0 Å². The number of carbonyl (C=O) groups is 1. The number of hydrogen-bond acceptors (Lipinski definition) is 3. The average molecular weight is 403 g/mol. The molecule has 0 aliphatic rings. The van der Waals surface area contributed by atoms with Gasteiger partial charge >= 0.3 is 6.18 Å². The Morgan fingerprint density at radius 3 is 2.38 bits per heavy atom. The number of furan rings is 1. The number of para-hydroxylation sites is 1. The van der Waals surface area contributed by atoms with Gasteiger partial charge in [-0.15, -0.1) is 0 Å². The van der Waals surface area contributed by atoms with Crippen LogP contribution in [0.15, 0.2) is 65.1 Å². The number of ether oxygens (including phenoxy) is 1. The molecule has 0 atom stereocenters. The van der Waals surface area contributed by atoms with E-state index in [2.05, 4.69) is 19.2 Å². The number of anilines is 1. The Bertz CT molecular complexity index is 975. The molecule has 0 fully saturated rings. The molecular weight excluding hydrogens is 383 g/mol. The molecular formula is C22H20F3NO3. The van der Waals surface area contributed by atoms with Crippen LogP contribution in [0.25, 0.3) is 0 Å². The molecule has 3 aromatic rings. The lowest BCUT2D eigenvalue weighted by Crippen LogP contribution is -2.16. The van der Waals surface area contributed by atoms with Gasteiger partial charge in [-0.05, 0) is 47.9 Å². The largest absolute Gasteiger partial charge is 0.486 e. The first-order valence-electron chi connectivity index (χ1n) is 9.03. The van der Waals surface area contributed by atoms with E-state index in [1.54, 1.807) is 6.07 Å². The van der Waals surface area contributed by atoms with Crippen molar-refractivity contribution in [1.29, 1.82) is 0 Å². The molecule has 0 aliphatic heterocycles. The predicted molar refractivity (Wildman–Crippen MR) is 103 cm³/mol. The van der Waals surface area contributed by atoms with E-state index in [1.165, 1.54) is 29.8 Å². The second kappa shape index (κ2) is 8.43. The highest BCUT2D eigenvalue weighted by atomic mass is 19.4. The quantitative estimate of drug-likeness (QED) is 0.529. The van der Waals surface area contributed by atoms with Crippen molar-refractivity contribution in [3.05, 3.63) is 83.3 Å². The highest BCUT2D eigenvalue weighted by molar-refractivity contribution is 6.02. The second-order valence-electron chi connectivity index (χ2n) is 6.78. The number of nitrogens with one attached hydrogen (secondary N) is 1. The summed E-state index contributed by atoms with van der Waals surface area (Å²) >= 11 is 0. The fraction of sp³-hybridized carbons (Fsp3) is 0.227. The Balaban J connectivity index is 1.63. The summed E-state index contributed by atoms with van der Waals surface area (Å²) in [5.41, 5.74) is -0.0637. The van der Waals surface area contributed by atoms with E-state index in [0.717, 1.165) is 6.07 Å². The van der Waals surface area contributed by atoms with Gasteiger partial charge in [0.15, 0.2) is 5.76 Å². The summed E-state index contributed by atoms with van der Waals surface area (Å²) < 4.78 is 50.2. The molecule has 7 heteroatoms. The van der Waals surface area contributed by atoms with Gasteiger partial charge in [0, 0.05) is 0 Å². The Kier molecular flexibility index (Phi) is 5.96.